The van der Waals surface area contributed by atoms with Gasteiger partial charge in [0.2, 0.25) is 0 Å². The number of aromatic amines is 1. The Labute approximate surface area is 195 Å². The number of methoxy groups -OCH3 is 2. The van der Waals surface area contributed by atoms with Gasteiger partial charge in [-0.05, 0) is 48.4 Å². The Bertz CT molecular complexity index is 1230. The summed E-state index contributed by atoms with van der Waals surface area (Å²) in [7, 11) is 3.91. The van der Waals surface area contributed by atoms with Crippen molar-refractivity contribution in [3.05, 3.63) is 64.3 Å². The number of alkyl carbamates (subject to hydrolysis) is 1. The van der Waals surface area contributed by atoms with Gasteiger partial charge in [-0.2, -0.15) is 26.3 Å². The largest absolute Gasteiger partial charge is 0.497 e. The number of alkyl halides is 6. The van der Waals surface area contributed by atoms with Gasteiger partial charge >= 0.3 is 18.4 Å². The Morgan fingerprint density at radius 3 is 2.14 bits per heavy atom. The first kappa shape index (κ1) is 25.9. The second kappa shape index (κ2) is 9.88. The monoisotopic (exact) mass is 501 g/mol. The molecule has 0 atom stereocenters. The number of halogens is 6. The van der Waals surface area contributed by atoms with Crippen LogP contribution in [0.25, 0.3) is 10.9 Å². The van der Waals surface area contributed by atoms with E-state index in [4.69, 9.17) is 4.74 Å². The molecule has 0 saturated carbocycles. The second-order valence-electron chi connectivity index (χ2n) is 7.43. The number of carbonyl (C=O) groups excluding carboxylic acids is 1. The molecule has 35 heavy (non-hydrogen) atoms. The third-order valence-electron chi connectivity index (χ3n) is 5.26. The molecule has 2 N–H and O–H groups in total. The van der Waals surface area contributed by atoms with Gasteiger partial charge in [0.15, 0.2) is 0 Å². The van der Waals surface area contributed by atoms with Crippen LogP contribution in [0.4, 0.5) is 31.1 Å². The highest BCUT2D eigenvalue weighted by atomic mass is 19.4. The third-order valence-corrected chi connectivity index (χ3v) is 5.26. The topological polar surface area (TPSA) is 75.7 Å². The standard InChI is InChI=1S/C23H21F6N3O3/c1-30-19(12-8-13(22(24,25)26)10-14(9-12)23(27,28)29)20-16(6-7-31-21(33)35-3)17-11-15(34-2)4-5-18(17)32-20/h4-5,8-11,32H,6-7H2,1-3H3,(H,31,33). The highest BCUT2D eigenvalue weighted by molar-refractivity contribution is 6.15. The molecule has 188 valence electrons. The number of rotatable bonds is 6. The van der Waals surface area contributed by atoms with E-state index in [1.807, 2.05) is 0 Å². The highest BCUT2D eigenvalue weighted by Gasteiger charge is 2.37. The number of ether oxygens (including phenoxy) is 2. The number of benzene rings is 2. The molecule has 3 rings (SSSR count). The van der Waals surface area contributed by atoms with Crippen LogP contribution in [-0.2, 0) is 23.5 Å². The molecule has 0 spiro atoms. The van der Waals surface area contributed by atoms with E-state index in [1.165, 1.54) is 21.3 Å². The van der Waals surface area contributed by atoms with Gasteiger partial charge < -0.3 is 19.8 Å². The van der Waals surface area contributed by atoms with E-state index >= 15 is 0 Å². The molecule has 1 aromatic heterocycles. The maximum absolute atomic E-state index is 13.4. The number of H-pyrrole nitrogens is 1. The summed E-state index contributed by atoms with van der Waals surface area (Å²) < 4.78 is 90.4. The first-order valence-corrected chi connectivity index (χ1v) is 10.2. The van der Waals surface area contributed by atoms with Crippen LogP contribution in [-0.4, -0.2) is 44.6 Å². The van der Waals surface area contributed by atoms with Gasteiger partial charge in [-0.3, -0.25) is 4.99 Å². The van der Waals surface area contributed by atoms with Crippen LogP contribution in [0.5, 0.6) is 5.75 Å². The molecular weight excluding hydrogens is 480 g/mol. The van der Waals surface area contributed by atoms with Gasteiger partial charge in [-0.15, -0.1) is 0 Å². The molecule has 0 saturated heterocycles. The van der Waals surface area contributed by atoms with E-state index in [2.05, 4.69) is 20.0 Å². The number of fused-ring (bicyclic) bond motifs is 1. The fraction of sp³-hybridized carbons (Fsp3) is 0.304. The average molecular weight is 501 g/mol. The van der Waals surface area contributed by atoms with Gasteiger partial charge in [-0.25, -0.2) is 4.79 Å². The minimum Gasteiger partial charge on any atom is -0.497 e. The third kappa shape index (κ3) is 5.69. The van der Waals surface area contributed by atoms with Crippen molar-refractivity contribution in [2.75, 3.05) is 27.8 Å². The number of nitrogens with one attached hydrogen (secondary N) is 2. The molecule has 3 aromatic rings. The minimum atomic E-state index is -5.00. The molecule has 1 heterocycles. The zero-order valence-corrected chi connectivity index (χ0v) is 18.8. The van der Waals surface area contributed by atoms with Crippen LogP contribution in [0.3, 0.4) is 0 Å². The SMILES string of the molecule is CN=C(c1cc(C(F)(F)F)cc(C(F)(F)F)c1)c1[nH]c2ccc(OC)cc2c1CCNC(=O)OC. The van der Waals surface area contributed by atoms with Crippen LogP contribution in [0.15, 0.2) is 41.4 Å². The Morgan fingerprint density at radius 1 is 1.00 bits per heavy atom. The number of aliphatic imine (C=N–C) groups is 1. The van der Waals surface area contributed by atoms with Crippen molar-refractivity contribution in [2.45, 2.75) is 18.8 Å². The van der Waals surface area contributed by atoms with Crippen molar-refractivity contribution >= 4 is 22.7 Å². The van der Waals surface area contributed by atoms with Gasteiger partial charge in [0.05, 0.1) is 36.8 Å². The molecule has 0 aliphatic carbocycles. The summed E-state index contributed by atoms with van der Waals surface area (Å²) >= 11 is 0. The molecule has 2 aromatic carbocycles. The maximum atomic E-state index is 13.4. The number of carbonyl (C=O) groups is 1. The molecule has 1 amide bonds. The summed E-state index contributed by atoms with van der Waals surface area (Å²) in [4.78, 5) is 18.5. The first-order chi connectivity index (χ1) is 16.4. The molecular formula is C23H21F6N3O3. The minimum absolute atomic E-state index is 0.0635. The zero-order valence-electron chi connectivity index (χ0n) is 18.8. The summed E-state index contributed by atoms with van der Waals surface area (Å²) in [6.07, 6.45) is -10.5. The van der Waals surface area contributed by atoms with Crippen molar-refractivity contribution in [3.63, 3.8) is 0 Å². The fourth-order valence-electron chi connectivity index (χ4n) is 3.65. The summed E-state index contributed by atoms with van der Waals surface area (Å²) in [5.41, 5.74) is -2.08. The summed E-state index contributed by atoms with van der Waals surface area (Å²) in [5.74, 6) is 0.485. The Balaban J connectivity index is 2.21. The van der Waals surface area contributed by atoms with E-state index in [9.17, 15) is 31.1 Å². The Kier molecular flexibility index (Phi) is 7.32. The normalized spacial score (nSPS) is 12.7. The molecule has 0 fully saturated rings. The van der Waals surface area contributed by atoms with Crippen molar-refractivity contribution < 1.29 is 40.6 Å². The summed E-state index contributed by atoms with van der Waals surface area (Å²) in [6, 6.07) is 6.29. The van der Waals surface area contributed by atoms with Gasteiger partial charge in [0.25, 0.3) is 0 Å². The lowest BCUT2D eigenvalue weighted by atomic mass is 9.96. The highest BCUT2D eigenvalue weighted by Crippen LogP contribution is 2.37. The van der Waals surface area contributed by atoms with Crippen molar-refractivity contribution in [1.82, 2.24) is 10.3 Å². The summed E-state index contributed by atoms with van der Waals surface area (Å²) in [5, 5.41) is 3.11. The van der Waals surface area contributed by atoms with Crippen LogP contribution in [0.1, 0.15) is 27.9 Å². The van der Waals surface area contributed by atoms with Gasteiger partial charge in [-0.1, -0.05) is 0 Å². The van der Waals surface area contributed by atoms with E-state index in [0.717, 1.165) is 0 Å². The predicted molar refractivity (Wildman–Crippen MR) is 117 cm³/mol. The van der Waals surface area contributed by atoms with E-state index in [-0.39, 0.29) is 36.0 Å². The lowest BCUT2D eigenvalue weighted by molar-refractivity contribution is -0.143. The van der Waals surface area contributed by atoms with Crippen molar-refractivity contribution in [3.8, 4) is 5.75 Å². The maximum Gasteiger partial charge on any atom is 0.416 e. The van der Waals surface area contributed by atoms with Crippen LogP contribution >= 0.6 is 0 Å². The van der Waals surface area contributed by atoms with Crippen LogP contribution < -0.4 is 10.1 Å². The fourth-order valence-corrected chi connectivity index (χ4v) is 3.65. The van der Waals surface area contributed by atoms with E-state index in [1.54, 1.807) is 18.2 Å². The number of aromatic nitrogens is 1. The van der Waals surface area contributed by atoms with Crippen LogP contribution in [0, 0.1) is 0 Å². The molecule has 0 bridgehead atoms. The first-order valence-electron chi connectivity index (χ1n) is 10.2. The second-order valence-corrected chi connectivity index (χ2v) is 7.43. The average Bonchev–Trinajstić information content (AvgIpc) is 3.15. The quantitative estimate of drug-likeness (QED) is 0.342. The van der Waals surface area contributed by atoms with Crippen LogP contribution in [0.2, 0.25) is 0 Å². The zero-order chi connectivity index (χ0) is 26.0. The number of amides is 1. The lowest BCUT2D eigenvalue weighted by Gasteiger charge is -2.16. The number of nitrogens with zero attached hydrogens (tertiary/aromatic N) is 1. The van der Waals surface area contributed by atoms with E-state index < -0.39 is 29.6 Å². The molecule has 0 aliphatic heterocycles. The van der Waals surface area contributed by atoms with E-state index in [0.29, 0.717) is 34.3 Å². The van der Waals surface area contributed by atoms with Crippen molar-refractivity contribution in [2.24, 2.45) is 4.99 Å². The molecule has 12 heteroatoms. The van der Waals surface area contributed by atoms with Crippen molar-refractivity contribution in [1.29, 1.82) is 0 Å². The molecule has 0 radical (unpaired) electrons. The van der Waals surface area contributed by atoms with Gasteiger partial charge in [0, 0.05) is 30.1 Å². The Hall–Kier alpha value is -3.70. The summed E-state index contributed by atoms with van der Waals surface area (Å²) in [6.45, 7) is 0.0806. The number of hydrogen-bond acceptors (Lipinski definition) is 4. The lowest BCUT2D eigenvalue weighted by Crippen LogP contribution is -2.25. The smallest absolute Gasteiger partial charge is 0.416 e. The number of hydrogen-bond donors (Lipinski definition) is 2. The molecule has 6 nitrogen and oxygen atoms in total. The van der Waals surface area contributed by atoms with Gasteiger partial charge in [0.1, 0.15) is 5.75 Å². The predicted octanol–water partition coefficient (Wildman–Crippen LogP) is 5.58. The molecule has 0 unspecified atom stereocenters. The Morgan fingerprint density at radius 2 is 1.63 bits per heavy atom. The molecule has 0 aliphatic rings.